The molecule has 0 radical (unpaired) electrons. The summed E-state index contributed by atoms with van der Waals surface area (Å²) in [5, 5.41) is 11.5. The molecule has 1 aromatic rings. The van der Waals surface area contributed by atoms with E-state index in [-0.39, 0.29) is 12.3 Å². The van der Waals surface area contributed by atoms with E-state index in [2.05, 4.69) is 5.32 Å². The molecule has 1 amide bonds. The molecular formula is C16H20N2O2S. The lowest BCUT2D eigenvalue weighted by atomic mass is 10.1. The Morgan fingerprint density at radius 1 is 1.38 bits per heavy atom. The van der Waals surface area contributed by atoms with E-state index in [0.29, 0.717) is 22.9 Å². The Bertz CT molecular complexity index is 560. The largest absolute Gasteiger partial charge is 0.326 e. The van der Waals surface area contributed by atoms with Crippen molar-refractivity contribution in [3.05, 3.63) is 29.8 Å². The number of benzene rings is 1. The molecule has 1 atom stereocenters. The Morgan fingerprint density at radius 3 is 2.86 bits per heavy atom. The summed E-state index contributed by atoms with van der Waals surface area (Å²) in [6.45, 7) is 0. The van der Waals surface area contributed by atoms with E-state index in [1.54, 1.807) is 24.3 Å². The van der Waals surface area contributed by atoms with Crippen molar-refractivity contribution in [2.75, 3.05) is 16.8 Å². The van der Waals surface area contributed by atoms with Crippen molar-refractivity contribution in [2.24, 2.45) is 5.92 Å². The highest BCUT2D eigenvalue weighted by molar-refractivity contribution is 7.85. The molecule has 0 spiro atoms. The Kier molecular flexibility index (Phi) is 5.94. The molecule has 0 bridgehead atoms. The Labute approximate surface area is 128 Å². The first kappa shape index (κ1) is 15.7. The number of anilines is 1. The fourth-order valence-corrected chi connectivity index (χ4v) is 4.06. The molecule has 1 aromatic carbocycles. The summed E-state index contributed by atoms with van der Waals surface area (Å²) >= 11 is 0. The van der Waals surface area contributed by atoms with Gasteiger partial charge in [0.15, 0.2) is 0 Å². The normalized spacial score (nSPS) is 16.3. The van der Waals surface area contributed by atoms with Gasteiger partial charge in [-0.2, -0.15) is 5.26 Å². The van der Waals surface area contributed by atoms with E-state index in [4.69, 9.17) is 5.26 Å². The monoisotopic (exact) mass is 304 g/mol. The predicted octanol–water partition coefficient (Wildman–Crippen LogP) is 2.83. The van der Waals surface area contributed by atoms with Crippen LogP contribution in [0.4, 0.5) is 5.69 Å². The third-order valence-electron chi connectivity index (χ3n) is 3.73. The van der Waals surface area contributed by atoms with Crippen LogP contribution in [0.25, 0.3) is 0 Å². The molecule has 1 saturated carbocycles. The second-order valence-electron chi connectivity index (χ2n) is 5.45. The van der Waals surface area contributed by atoms with Gasteiger partial charge in [0.25, 0.3) is 0 Å². The zero-order chi connectivity index (χ0) is 15.1. The maximum absolute atomic E-state index is 11.9. The minimum Gasteiger partial charge on any atom is -0.326 e. The lowest BCUT2D eigenvalue weighted by Crippen LogP contribution is -2.17. The van der Waals surface area contributed by atoms with Gasteiger partial charge in [-0.05, 0) is 37.0 Å². The molecule has 4 nitrogen and oxygen atoms in total. The molecule has 0 aliphatic heterocycles. The number of rotatable bonds is 6. The maximum atomic E-state index is 11.9. The van der Waals surface area contributed by atoms with Crippen LogP contribution in [0.15, 0.2) is 24.3 Å². The minimum absolute atomic E-state index is 0.148. The van der Waals surface area contributed by atoms with Crippen LogP contribution in [-0.2, 0) is 15.6 Å². The summed E-state index contributed by atoms with van der Waals surface area (Å²) in [5.74, 6) is 1.59. The van der Waals surface area contributed by atoms with Crippen LogP contribution in [-0.4, -0.2) is 21.6 Å². The number of nitriles is 1. The first-order valence-electron chi connectivity index (χ1n) is 7.32. The molecule has 0 aromatic heterocycles. The standard InChI is InChI=1S/C16H20N2O2S/c17-11-14-6-3-7-15(10-14)18-16(19)8-9-21(20)12-13-4-1-2-5-13/h3,6-7,10,13H,1-2,4-5,8-9,12H2,(H,18,19). The van der Waals surface area contributed by atoms with Crippen molar-refractivity contribution in [1.29, 1.82) is 5.26 Å². The molecule has 5 heteroatoms. The summed E-state index contributed by atoms with van der Waals surface area (Å²) in [5.41, 5.74) is 1.12. The van der Waals surface area contributed by atoms with Crippen molar-refractivity contribution in [1.82, 2.24) is 0 Å². The SMILES string of the molecule is N#Cc1cccc(NC(=O)CCS(=O)CC2CCCC2)c1. The zero-order valence-electron chi connectivity index (χ0n) is 12.0. The van der Waals surface area contributed by atoms with Crippen molar-refractivity contribution >= 4 is 22.4 Å². The van der Waals surface area contributed by atoms with Crippen molar-refractivity contribution in [2.45, 2.75) is 32.1 Å². The molecule has 0 saturated heterocycles. The molecular weight excluding hydrogens is 284 g/mol. The quantitative estimate of drug-likeness (QED) is 0.878. The average molecular weight is 304 g/mol. The molecule has 0 heterocycles. The van der Waals surface area contributed by atoms with Gasteiger partial charge in [-0.25, -0.2) is 0 Å². The Morgan fingerprint density at radius 2 is 2.14 bits per heavy atom. The van der Waals surface area contributed by atoms with Gasteiger partial charge in [0.2, 0.25) is 5.91 Å². The molecule has 1 unspecified atom stereocenters. The third-order valence-corrected chi connectivity index (χ3v) is 5.23. The van der Waals surface area contributed by atoms with Gasteiger partial charge in [-0.15, -0.1) is 0 Å². The van der Waals surface area contributed by atoms with Crippen molar-refractivity contribution in [3.63, 3.8) is 0 Å². The topological polar surface area (TPSA) is 70.0 Å². The van der Waals surface area contributed by atoms with E-state index in [1.807, 2.05) is 6.07 Å². The molecule has 1 fully saturated rings. The molecule has 2 rings (SSSR count). The minimum atomic E-state index is -0.908. The van der Waals surface area contributed by atoms with Gasteiger partial charge in [0, 0.05) is 34.4 Å². The number of hydrogen-bond donors (Lipinski definition) is 1. The van der Waals surface area contributed by atoms with Crippen LogP contribution < -0.4 is 5.32 Å². The van der Waals surface area contributed by atoms with Crippen molar-refractivity contribution < 1.29 is 9.00 Å². The van der Waals surface area contributed by atoms with E-state index >= 15 is 0 Å². The summed E-state index contributed by atoms with van der Waals surface area (Å²) < 4.78 is 11.9. The second-order valence-corrected chi connectivity index (χ2v) is 7.07. The Hall–Kier alpha value is -1.67. The van der Waals surface area contributed by atoms with E-state index in [0.717, 1.165) is 5.75 Å². The van der Waals surface area contributed by atoms with Crippen LogP contribution in [0.2, 0.25) is 0 Å². The zero-order valence-corrected chi connectivity index (χ0v) is 12.8. The Balaban J connectivity index is 1.73. The number of carbonyl (C=O) groups excluding carboxylic acids is 1. The summed E-state index contributed by atoms with van der Waals surface area (Å²) in [6.07, 6.45) is 5.11. The lowest BCUT2D eigenvalue weighted by Gasteiger charge is -2.09. The average Bonchev–Trinajstić information content (AvgIpc) is 2.98. The van der Waals surface area contributed by atoms with Crippen LogP contribution in [0.5, 0.6) is 0 Å². The van der Waals surface area contributed by atoms with E-state index < -0.39 is 10.8 Å². The molecule has 1 aliphatic carbocycles. The highest BCUT2D eigenvalue weighted by Gasteiger charge is 2.18. The number of hydrogen-bond acceptors (Lipinski definition) is 3. The summed E-state index contributed by atoms with van der Waals surface area (Å²) in [7, 11) is -0.908. The van der Waals surface area contributed by atoms with Gasteiger partial charge in [0.1, 0.15) is 0 Å². The first-order chi connectivity index (χ1) is 10.2. The fourth-order valence-electron chi connectivity index (χ4n) is 2.62. The number of nitrogens with one attached hydrogen (secondary N) is 1. The van der Waals surface area contributed by atoms with E-state index in [1.165, 1.54) is 25.7 Å². The molecule has 1 N–H and O–H groups in total. The van der Waals surface area contributed by atoms with E-state index in [9.17, 15) is 9.00 Å². The lowest BCUT2D eigenvalue weighted by molar-refractivity contribution is -0.115. The maximum Gasteiger partial charge on any atom is 0.225 e. The summed E-state index contributed by atoms with van der Waals surface area (Å²) in [4.78, 5) is 11.8. The fraction of sp³-hybridized carbons (Fsp3) is 0.500. The highest BCUT2D eigenvalue weighted by atomic mass is 32.2. The number of carbonyl (C=O) groups is 1. The van der Waals surface area contributed by atoms with Crippen LogP contribution in [0, 0.1) is 17.2 Å². The van der Waals surface area contributed by atoms with Gasteiger partial charge in [-0.3, -0.25) is 9.00 Å². The van der Waals surface area contributed by atoms with Crippen LogP contribution in [0.1, 0.15) is 37.7 Å². The number of amides is 1. The van der Waals surface area contributed by atoms with Crippen LogP contribution in [0.3, 0.4) is 0 Å². The van der Waals surface area contributed by atoms with Gasteiger partial charge >= 0.3 is 0 Å². The highest BCUT2D eigenvalue weighted by Crippen LogP contribution is 2.25. The number of nitrogens with zero attached hydrogens (tertiary/aromatic N) is 1. The molecule has 1 aliphatic rings. The third kappa shape index (κ3) is 5.31. The molecule has 21 heavy (non-hydrogen) atoms. The predicted molar refractivity (Wildman–Crippen MR) is 84.2 cm³/mol. The molecule has 112 valence electrons. The van der Waals surface area contributed by atoms with Gasteiger partial charge in [0.05, 0.1) is 11.6 Å². The van der Waals surface area contributed by atoms with Gasteiger partial charge in [-0.1, -0.05) is 18.9 Å². The smallest absolute Gasteiger partial charge is 0.225 e. The van der Waals surface area contributed by atoms with Crippen molar-refractivity contribution in [3.8, 4) is 6.07 Å². The summed E-state index contributed by atoms with van der Waals surface area (Å²) in [6, 6.07) is 8.82. The first-order valence-corrected chi connectivity index (χ1v) is 8.81. The van der Waals surface area contributed by atoms with Crippen LogP contribution >= 0.6 is 0 Å². The van der Waals surface area contributed by atoms with Gasteiger partial charge < -0.3 is 5.32 Å². The second kappa shape index (κ2) is 7.94.